The number of sulfonamides is 1. The zero-order chi connectivity index (χ0) is 23.0. The Bertz CT molecular complexity index is 990. The maximum absolute atomic E-state index is 12.8. The monoisotopic (exact) mass is 449 g/mol. The van der Waals surface area contributed by atoms with Gasteiger partial charge in [-0.25, -0.2) is 8.42 Å². The van der Waals surface area contributed by atoms with Crippen LogP contribution in [0.15, 0.2) is 47.4 Å². The fourth-order valence-electron chi connectivity index (χ4n) is 3.07. The normalized spacial score (nSPS) is 12.5. The van der Waals surface area contributed by atoms with Gasteiger partial charge in [-0.1, -0.05) is 26.0 Å². The number of nitrogens with one attached hydrogen (secondary N) is 2. The van der Waals surface area contributed by atoms with Crippen LogP contribution in [0.25, 0.3) is 0 Å². The summed E-state index contributed by atoms with van der Waals surface area (Å²) in [5, 5.41) is 5.80. The molecule has 1 atom stereocenters. The van der Waals surface area contributed by atoms with Crippen LogP contribution in [0.2, 0.25) is 0 Å². The molecule has 1 unspecified atom stereocenters. The molecule has 0 fully saturated rings. The number of ether oxygens (including phenoxy) is 2. The number of carbonyl (C=O) groups excluding carboxylic acids is 1. The topological polar surface area (TPSA) is 97.0 Å². The minimum Gasteiger partial charge on any atom is -0.495 e. The summed E-state index contributed by atoms with van der Waals surface area (Å²) in [5.41, 5.74) is 2.06. The molecule has 1 amide bonds. The van der Waals surface area contributed by atoms with E-state index in [0.29, 0.717) is 24.5 Å². The molecule has 0 bridgehead atoms. The van der Waals surface area contributed by atoms with E-state index in [9.17, 15) is 13.2 Å². The molecule has 0 aliphatic carbocycles. The van der Waals surface area contributed by atoms with Gasteiger partial charge in [0.25, 0.3) is 0 Å². The predicted molar refractivity (Wildman–Crippen MR) is 122 cm³/mol. The van der Waals surface area contributed by atoms with E-state index < -0.39 is 10.0 Å². The molecule has 0 saturated carbocycles. The third-order valence-corrected chi connectivity index (χ3v) is 7.00. The zero-order valence-electron chi connectivity index (χ0n) is 18.6. The SMILES string of the molecule is CCN(CC)S(=O)(=O)c1ccc(OC)c(NC(=O)CNc2cccc(C(C)OC)c2)c1. The number of hydrogen-bond donors (Lipinski definition) is 2. The van der Waals surface area contributed by atoms with E-state index in [1.165, 1.54) is 29.6 Å². The van der Waals surface area contributed by atoms with Crippen LogP contribution in [0.1, 0.15) is 32.4 Å². The Balaban J connectivity index is 2.15. The first-order chi connectivity index (χ1) is 14.8. The van der Waals surface area contributed by atoms with Crippen LogP contribution in [0.5, 0.6) is 5.75 Å². The highest BCUT2D eigenvalue weighted by Gasteiger charge is 2.23. The van der Waals surface area contributed by atoms with E-state index in [0.717, 1.165) is 11.3 Å². The number of methoxy groups -OCH3 is 2. The fraction of sp³-hybridized carbons (Fsp3) is 0.409. The Labute approximate surface area is 184 Å². The predicted octanol–water partition coefficient (Wildman–Crippen LogP) is 3.48. The van der Waals surface area contributed by atoms with Crippen LogP contribution >= 0.6 is 0 Å². The lowest BCUT2D eigenvalue weighted by atomic mass is 10.1. The zero-order valence-corrected chi connectivity index (χ0v) is 19.5. The largest absolute Gasteiger partial charge is 0.495 e. The Hall–Kier alpha value is -2.62. The van der Waals surface area contributed by atoms with Crippen molar-refractivity contribution < 1.29 is 22.7 Å². The van der Waals surface area contributed by atoms with Gasteiger partial charge in [0, 0.05) is 25.9 Å². The summed E-state index contributed by atoms with van der Waals surface area (Å²) >= 11 is 0. The number of carbonyl (C=O) groups is 1. The third-order valence-electron chi connectivity index (χ3n) is 4.95. The number of hydrogen-bond acceptors (Lipinski definition) is 6. The molecule has 2 aromatic rings. The standard InChI is InChI=1S/C22H31N3O5S/c1-6-25(7-2)31(27,28)19-11-12-21(30-5)20(14-19)24-22(26)15-23-18-10-8-9-17(13-18)16(3)29-4/h8-14,16,23H,6-7,15H2,1-5H3,(H,24,26). The van der Waals surface area contributed by atoms with Crippen molar-refractivity contribution in [2.75, 3.05) is 44.5 Å². The van der Waals surface area contributed by atoms with Crippen molar-refractivity contribution in [2.24, 2.45) is 0 Å². The summed E-state index contributed by atoms with van der Waals surface area (Å²) in [4.78, 5) is 12.6. The minimum absolute atomic E-state index is 0.000985. The lowest BCUT2D eigenvalue weighted by Crippen LogP contribution is -2.30. The van der Waals surface area contributed by atoms with E-state index >= 15 is 0 Å². The van der Waals surface area contributed by atoms with E-state index in [2.05, 4.69) is 10.6 Å². The van der Waals surface area contributed by atoms with Crippen LogP contribution in [0, 0.1) is 0 Å². The number of anilines is 2. The fourth-order valence-corrected chi connectivity index (χ4v) is 4.56. The summed E-state index contributed by atoms with van der Waals surface area (Å²) in [5.74, 6) is 0.0450. The second kappa shape index (κ2) is 11.1. The first kappa shape index (κ1) is 24.6. The molecule has 31 heavy (non-hydrogen) atoms. The Morgan fingerprint density at radius 2 is 1.81 bits per heavy atom. The van der Waals surface area contributed by atoms with Gasteiger partial charge in [-0.05, 0) is 42.8 Å². The van der Waals surface area contributed by atoms with E-state index in [1.807, 2.05) is 31.2 Å². The highest BCUT2D eigenvalue weighted by Crippen LogP contribution is 2.29. The van der Waals surface area contributed by atoms with Gasteiger partial charge in [0.15, 0.2) is 0 Å². The second-order valence-corrected chi connectivity index (χ2v) is 8.79. The first-order valence-electron chi connectivity index (χ1n) is 10.1. The molecule has 170 valence electrons. The molecule has 2 N–H and O–H groups in total. The molecule has 2 rings (SSSR count). The molecule has 0 aliphatic rings. The van der Waals surface area contributed by atoms with E-state index in [1.54, 1.807) is 21.0 Å². The quantitative estimate of drug-likeness (QED) is 0.545. The first-order valence-corrected chi connectivity index (χ1v) is 11.5. The van der Waals surface area contributed by atoms with Crippen LogP contribution in [0.4, 0.5) is 11.4 Å². The average Bonchev–Trinajstić information content (AvgIpc) is 2.77. The highest BCUT2D eigenvalue weighted by atomic mass is 32.2. The maximum atomic E-state index is 12.8. The van der Waals surface area contributed by atoms with Crippen molar-refractivity contribution in [1.29, 1.82) is 0 Å². The van der Waals surface area contributed by atoms with Gasteiger partial charge >= 0.3 is 0 Å². The summed E-state index contributed by atoms with van der Waals surface area (Å²) in [6.07, 6.45) is -0.0599. The number of amides is 1. The number of benzene rings is 2. The molecular formula is C22H31N3O5S. The van der Waals surface area contributed by atoms with Crippen molar-refractivity contribution in [3.63, 3.8) is 0 Å². The molecule has 8 nitrogen and oxygen atoms in total. The summed E-state index contributed by atoms with van der Waals surface area (Å²) in [6.45, 7) is 6.22. The van der Waals surface area contributed by atoms with Crippen LogP contribution in [-0.2, 0) is 19.6 Å². The minimum atomic E-state index is -3.66. The van der Waals surface area contributed by atoms with Gasteiger partial charge in [-0.2, -0.15) is 4.31 Å². The van der Waals surface area contributed by atoms with Gasteiger partial charge in [-0.15, -0.1) is 0 Å². The molecule has 0 spiro atoms. The van der Waals surface area contributed by atoms with Crippen LogP contribution < -0.4 is 15.4 Å². The van der Waals surface area contributed by atoms with Crippen molar-refractivity contribution >= 4 is 27.3 Å². The number of rotatable bonds is 11. The molecule has 0 radical (unpaired) electrons. The lowest BCUT2D eigenvalue weighted by Gasteiger charge is -2.19. The van der Waals surface area contributed by atoms with Crippen molar-refractivity contribution in [2.45, 2.75) is 31.8 Å². The number of nitrogens with zero attached hydrogens (tertiary/aromatic N) is 1. The molecule has 2 aromatic carbocycles. The summed E-state index contributed by atoms with van der Waals surface area (Å²) in [6, 6.07) is 12.0. The van der Waals surface area contributed by atoms with Crippen molar-refractivity contribution in [3.05, 3.63) is 48.0 Å². The van der Waals surface area contributed by atoms with Gasteiger partial charge in [0.2, 0.25) is 15.9 Å². The Morgan fingerprint density at radius 3 is 2.42 bits per heavy atom. The molecular weight excluding hydrogens is 418 g/mol. The third kappa shape index (κ3) is 6.19. The van der Waals surface area contributed by atoms with Gasteiger partial charge < -0.3 is 20.1 Å². The van der Waals surface area contributed by atoms with Crippen LogP contribution in [-0.4, -0.2) is 52.5 Å². The summed E-state index contributed by atoms with van der Waals surface area (Å²) in [7, 11) is -0.555. The van der Waals surface area contributed by atoms with Gasteiger partial charge in [-0.3, -0.25) is 4.79 Å². The summed E-state index contributed by atoms with van der Waals surface area (Å²) < 4.78 is 37.6. The molecule has 0 aromatic heterocycles. The molecule has 0 aliphatic heterocycles. The maximum Gasteiger partial charge on any atom is 0.243 e. The molecule has 9 heteroatoms. The Kier molecular flexibility index (Phi) is 8.85. The average molecular weight is 450 g/mol. The van der Waals surface area contributed by atoms with Crippen molar-refractivity contribution in [3.8, 4) is 5.75 Å². The second-order valence-electron chi connectivity index (χ2n) is 6.86. The van der Waals surface area contributed by atoms with Crippen molar-refractivity contribution in [1.82, 2.24) is 4.31 Å². The molecule has 0 saturated heterocycles. The van der Waals surface area contributed by atoms with E-state index in [4.69, 9.17) is 9.47 Å². The van der Waals surface area contributed by atoms with Gasteiger partial charge in [0.05, 0.1) is 30.3 Å². The van der Waals surface area contributed by atoms with Crippen LogP contribution in [0.3, 0.4) is 0 Å². The Morgan fingerprint density at radius 1 is 1.10 bits per heavy atom. The van der Waals surface area contributed by atoms with E-state index in [-0.39, 0.29) is 23.5 Å². The molecule has 0 heterocycles. The lowest BCUT2D eigenvalue weighted by molar-refractivity contribution is -0.114. The van der Waals surface area contributed by atoms with Gasteiger partial charge in [0.1, 0.15) is 5.75 Å². The highest BCUT2D eigenvalue weighted by molar-refractivity contribution is 7.89. The smallest absolute Gasteiger partial charge is 0.243 e.